The summed E-state index contributed by atoms with van der Waals surface area (Å²) in [5, 5.41) is 9.86. The third-order valence-electron chi connectivity index (χ3n) is 3.25. The molecule has 0 aliphatic heterocycles. The van der Waals surface area contributed by atoms with Gasteiger partial charge in [0.1, 0.15) is 0 Å². The van der Waals surface area contributed by atoms with Gasteiger partial charge in [0.15, 0.2) is 5.16 Å². The molecule has 6 nitrogen and oxygen atoms in total. The summed E-state index contributed by atoms with van der Waals surface area (Å²) >= 11 is 4.65. The van der Waals surface area contributed by atoms with Crippen LogP contribution in [0.15, 0.2) is 38.7 Å². The monoisotopic (exact) mass is 398 g/mol. The van der Waals surface area contributed by atoms with Crippen molar-refractivity contribution in [1.82, 2.24) is 20.1 Å². The molecule has 1 aromatic heterocycles. The van der Waals surface area contributed by atoms with Crippen LogP contribution < -0.4 is 11.0 Å². The summed E-state index contributed by atoms with van der Waals surface area (Å²) in [6, 6.07) is 7.75. The Balaban J connectivity index is 1.90. The standard InChI is InChI=1S/C15H19BrN4O2S/c1-3-8-20-14(22)18-19-15(20)23-9-13(21)17-10(2)11-4-6-12(16)7-5-11/h4-7,10H,3,8-9H2,1-2H3,(H,17,21)(H,18,22). The molecule has 1 amide bonds. The van der Waals surface area contributed by atoms with Gasteiger partial charge in [-0.25, -0.2) is 9.89 Å². The molecule has 8 heteroatoms. The molecular weight excluding hydrogens is 380 g/mol. The lowest BCUT2D eigenvalue weighted by Gasteiger charge is -2.14. The summed E-state index contributed by atoms with van der Waals surface area (Å²) in [6.07, 6.45) is 0.833. The second-order valence-corrected chi connectivity index (χ2v) is 6.95. The first-order valence-electron chi connectivity index (χ1n) is 7.34. The van der Waals surface area contributed by atoms with Crippen molar-refractivity contribution in [2.75, 3.05) is 5.75 Å². The number of nitrogens with one attached hydrogen (secondary N) is 2. The Bertz CT molecular complexity index is 711. The van der Waals surface area contributed by atoms with Gasteiger partial charge in [-0.1, -0.05) is 46.7 Å². The van der Waals surface area contributed by atoms with Crippen LogP contribution in [0.5, 0.6) is 0 Å². The zero-order valence-corrected chi connectivity index (χ0v) is 15.4. The molecule has 1 atom stereocenters. The van der Waals surface area contributed by atoms with Crippen LogP contribution in [0.3, 0.4) is 0 Å². The van der Waals surface area contributed by atoms with Crippen LogP contribution in [-0.2, 0) is 11.3 Å². The smallest absolute Gasteiger partial charge is 0.343 e. The van der Waals surface area contributed by atoms with Crippen LogP contribution in [-0.4, -0.2) is 26.4 Å². The predicted molar refractivity (Wildman–Crippen MR) is 94.6 cm³/mol. The van der Waals surface area contributed by atoms with Gasteiger partial charge in [0.2, 0.25) is 5.91 Å². The molecule has 0 fully saturated rings. The fourth-order valence-corrected chi connectivity index (χ4v) is 3.13. The number of aromatic amines is 1. The molecule has 0 spiro atoms. The highest BCUT2D eigenvalue weighted by Gasteiger charge is 2.13. The summed E-state index contributed by atoms with van der Waals surface area (Å²) in [7, 11) is 0. The summed E-state index contributed by atoms with van der Waals surface area (Å²) in [6.45, 7) is 4.52. The van der Waals surface area contributed by atoms with Crippen molar-refractivity contribution in [3.8, 4) is 0 Å². The van der Waals surface area contributed by atoms with Gasteiger partial charge < -0.3 is 5.32 Å². The first-order chi connectivity index (χ1) is 11.0. The third-order valence-corrected chi connectivity index (χ3v) is 4.76. The van der Waals surface area contributed by atoms with E-state index in [1.165, 1.54) is 11.8 Å². The number of carbonyl (C=O) groups excluding carboxylic acids is 1. The Morgan fingerprint density at radius 3 is 2.78 bits per heavy atom. The quantitative estimate of drug-likeness (QED) is 0.702. The molecule has 0 bridgehead atoms. The third kappa shape index (κ3) is 4.97. The molecule has 0 radical (unpaired) electrons. The van der Waals surface area contributed by atoms with Gasteiger partial charge in [0, 0.05) is 11.0 Å². The molecule has 0 saturated carbocycles. The maximum absolute atomic E-state index is 12.1. The van der Waals surface area contributed by atoms with Crippen molar-refractivity contribution in [1.29, 1.82) is 0 Å². The van der Waals surface area contributed by atoms with Crippen LogP contribution in [0.2, 0.25) is 0 Å². The fraction of sp³-hybridized carbons (Fsp3) is 0.400. The number of thioether (sulfide) groups is 1. The Labute approximate surface area is 147 Å². The highest BCUT2D eigenvalue weighted by atomic mass is 79.9. The van der Waals surface area contributed by atoms with Crippen molar-refractivity contribution in [2.24, 2.45) is 0 Å². The molecule has 1 aromatic carbocycles. The van der Waals surface area contributed by atoms with Crippen LogP contribution in [0, 0.1) is 0 Å². The first kappa shape index (κ1) is 17.8. The summed E-state index contributed by atoms with van der Waals surface area (Å²) in [5.74, 6) is 0.124. The summed E-state index contributed by atoms with van der Waals surface area (Å²) < 4.78 is 2.55. The average Bonchev–Trinajstić information content (AvgIpc) is 2.87. The molecule has 1 heterocycles. The molecule has 124 valence electrons. The topological polar surface area (TPSA) is 79.8 Å². The van der Waals surface area contributed by atoms with Crippen molar-refractivity contribution >= 4 is 33.6 Å². The van der Waals surface area contributed by atoms with E-state index in [1.54, 1.807) is 4.57 Å². The average molecular weight is 399 g/mol. The molecule has 1 unspecified atom stereocenters. The number of hydrogen-bond acceptors (Lipinski definition) is 4. The number of rotatable bonds is 7. The Kier molecular flexibility index (Phi) is 6.47. The van der Waals surface area contributed by atoms with Gasteiger partial charge in [0.05, 0.1) is 11.8 Å². The zero-order chi connectivity index (χ0) is 16.8. The van der Waals surface area contributed by atoms with Gasteiger partial charge in [-0.3, -0.25) is 9.36 Å². The van der Waals surface area contributed by atoms with Crippen LogP contribution in [0.4, 0.5) is 0 Å². The normalized spacial score (nSPS) is 12.1. The highest BCUT2D eigenvalue weighted by molar-refractivity contribution is 9.10. The number of H-pyrrole nitrogens is 1. The molecule has 0 aliphatic rings. The molecule has 23 heavy (non-hydrogen) atoms. The number of hydrogen-bond donors (Lipinski definition) is 2. The second-order valence-electron chi connectivity index (χ2n) is 5.09. The molecular formula is C15H19BrN4O2S. The lowest BCUT2D eigenvalue weighted by Crippen LogP contribution is -2.28. The summed E-state index contributed by atoms with van der Waals surface area (Å²) in [4.78, 5) is 23.7. The van der Waals surface area contributed by atoms with E-state index in [4.69, 9.17) is 0 Å². The number of amides is 1. The van der Waals surface area contributed by atoms with E-state index < -0.39 is 0 Å². The summed E-state index contributed by atoms with van der Waals surface area (Å²) in [5.41, 5.74) is 0.798. The van der Waals surface area contributed by atoms with Crippen LogP contribution in [0.25, 0.3) is 0 Å². The SMILES string of the molecule is CCCn1c(SCC(=O)NC(C)c2ccc(Br)cc2)n[nH]c1=O. The van der Waals surface area contributed by atoms with E-state index in [9.17, 15) is 9.59 Å². The Morgan fingerprint density at radius 2 is 2.13 bits per heavy atom. The minimum atomic E-state index is -0.238. The van der Waals surface area contributed by atoms with Gasteiger partial charge >= 0.3 is 5.69 Å². The second kappa shape index (κ2) is 8.35. The lowest BCUT2D eigenvalue weighted by molar-refractivity contribution is -0.119. The van der Waals surface area contributed by atoms with E-state index >= 15 is 0 Å². The molecule has 2 rings (SSSR count). The van der Waals surface area contributed by atoms with E-state index in [-0.39, 0.29) is 23.4 Å². The maximum Gasteiger partial charge on any atom is 0.343 e. The van der Waals surface area contributed by atoms with E-state index in [0.717, 1.165) is 16.5 Å². The Hall–Kier alpha value is -1.54. The maximum atomic E-state index is 12.1. The molecule has 2 aromatic rings. The zero-order valence-electron chi connectivity index (χ0n) is 13.0. The minimum Gasteiger partial charge on any atom is -0.349 e. The largest absolute Gasteiger partial charge is 0.349 e. The number of nitrogens with zero attached hydrogens (tertiary/aromatic N) is 2. The fourth-order valence-electron chi connectivity index (χ4n) is 2.08. The lowest BCUT2D eigenvalue weighted by atomic mass is 10.1. The van der Waals surface area contributed by atoms with Crippen molar-refractivity contribution in [2.45, 2.75) is 38.0 Å². The van der Waals surface area contributed by atoms with Crippen molar-refractivity contribution in [3.05, 3.63) is 44.8 Å². The van der Waals surface area contributed by atoms with Crippen molar-refractivity contribution in [3.63, 3.8) is 0 Å². The van der Waals surface area contributed by atoms with Gasteiger partial charge in [0.25, 0.3) is 0 Å². The highest BCUT2D eigenvalue weighted by Crippen LogP contribution is 2.17. The Morgan fingerprint density at radius 1 is 1.43 bits per heavy atom. The van der Waals surface area contributed by atoms with Crippen molar-refractivity contribution < 1.29 is 4.79 Å². The van der Waals surface area contributed by atoms with E-state index in [0.29, 0.717) is 11.7 Å². The molecule has 0 aliphatic carbocycles. The number of carbonyl (C=O) groups is 1. The number of benzene rings is 1. The minimum absolute atomic E-state index is 0.0757. The first-order valence-corrected chi connectivity index (χ1v) is 9.12. The van der Waals surface area contributed by atoms with Gasteiger partial charge in [-0.2, -0.15) is 0 Å². The number of halogens is 1. The predicted octanol–water partition coefficient (Wildman–Crippen LogP) is 2.71. The van der Waals surface area contributed by atoms with E-state index in [1.807, 2.05) is 38.1 Å². The van der Waals surface area contributed by atoms with Crippen LogP contribution >= 0.6 is 27.7 Å². The molecule has 0 saturated heterocycles. The molecule has 2 N–H and O–H groups in total. The van der Waals surface area contributed by atoms with E-state index in [2.05, 4.69) is 31.4 Å². The number of aromatic nitrogens is 3. The van der Waals surface area contributed by atoms with Crippen LogP contribution in [0.1, 0.15) is 31.9 Å². The van der Waals surface area contributed by atoms with Gasteiger partial charge in [-0.05, 0) is 31.0 Å². The van der Waals surface area contributed by atoms with Gasteiger partial charge in [-0.15, -0.1) is 5.10 Å².